The van der Waals surface area contributed by atoms with Crippen molar-refractivity contribution in [1.82, 2.24) is 9.80 Å². The summed E-state index contributed by atoms with van der Waals surface area (Å²) < 4.78 is 5.40. The molecule has 1 aliphatic carbocycles. The van der Waals surface area contributed by atoms with Gasteiger partial charge in [0.1, 0.15) is 0 Å². The van der Waals surface area contributed by atoms with Crippen LogP contribution in [0.15, 0.2) is 0 Å². The van der Waals surface area contributed by atoms with Crippen LogP contribution in [0.3, 0.4) is 0 Å². The van der Waals surface area contributed by atoms with Gasteiger partial charge in [-0.2, -0.15) is 5.26 Å². The Morgan fingerprint density at radius 1 is 1.44 bits per heavy atom. The van der Waals surface area contributed by atoms with Crippen molar-refractivity contribution in [3.05, 3.63) is 0 Å². The largest absolute Gasteiger partial charge is 0.465 e. The van der Waals surface area contributed by atoms with Gasteiger partial charge in [0, 0.05) is 12.6 Å². The lowest BCUT2D eigenvalue weighted by atomic mass is 9.98. The van der Waals surface area contributed by atoms with Gasteiger partial charge in [0.2, 0.25) is 5.91 Å². The number of morpholine rings is 1. The van der Waals surface area contributed by atoms with Gasteiger partial charge in [-0.15, -0.1) is 0 Å². The van der Waals surface area contributed by atoms with Crippen molar-refractivity contribution in [2.45, 2.75) is 44.1 Å². The van der Waals surface area contributed by atoms with Gasteiger partial charge in [-0.05, 0) is 18.9 Å². The molecule has 1 saturated carbocycles. The summed E-state index contributed by atoms with van der Waals surface area (Å²) in [6.45, 7) is 3.97. The molecule has 0 aromatic carbocycles. The molecule has 1 heterocycles. The SMILES string of the molecule is C[Si](C)(CC(C(=O)N(C#N)C1CC1)[C@@H]1COCCN1C(=O)O)C(N)=O. The first-order chi connectivity index (χ1) is 11.7. The highest BCUT2D eigenvalue weighted by Crippen LogP contribution is 2.32. The number of amides is 3. The second-order valence-electron chi connectivity index (χ2n) is 7.22. The first-order valence-electron chi connectivity index (χ1n) is 8.29. The molecule has 0 bridgehead atoms. The summed E-state index contributed by atoms with van der Waals surface area (Å²) in [4.78, 5) is 38.7. The summed E-state index contributed by atoms with van der Waals surface area (Å²) in [6, 6.07) is -0.662. The molecular formula is C15H24N4O5Si. The predicted octanol–water partition coefficient (Wildman–Crippen LogP) is 0.822. The van der Waals surface area contributed by atoms with Crippen molar-refractivity contribution >= 4 is 25.6 Å². The molecule has 2 fully saturated rings. The molecule has 1 unspecified atom stereocenters. The first-order valence-corrected chi connectivity index (χ1v) is 11.5. The number of rotatable bonds is 6. The van der Waals surface area contributed by atoms with Gasteiger partial charge in [-0.1, -0.05) is 13.1 Å². The molecule has 2 atom stereocenters. The van der Waals surface area contributed by atoms with Crippen molar-refractivity contribution in [1.29, 1.82) is 5.26 Å². The van der Waals surface area contributed by atoms with Crippen LogP contribution in [-0.2, 0) is 9.53 Å². The fourth-order valence-electron chi connectivity index (χ4n) is 3.05. The standard InChI is InChI=1S/C15H24N4O5Si/c1-25(2,14(17)21)8-11(13(20)19(9-16)10-3-4-10)12-7-24-6-5-18(12)15(22)23/h10-12H,3-8H2,1-2H3,(H2,17,21)(H,22,23)/t11?,12-/m0/s1. The van der Waals surface area contributed by atoms with E-state index in [-0.39, 0.29) is 31.8 Å². The van der Waals surface area contributed by atoms with Crippen LogP contribution in [0.25, 0.3) is 0 Å². The fourth-order valence-corrected chi connectivity index (χ4v) is 4.80. The first kappa shape index (κ1) is 19.2. The van der Waals surface area contributed by atoms with Gasteiger partial charge in [-0.3, -0.25) is 14.5 Å². The van der Waals surface area contributed by atoms with Gasteiger partial charge in [-0.25, -0.2) is 9.69 Å². The van der Waals surface area contributed by atoms with E-state index in [4.69, 9.17) is 10.5 Å². The maximum absolute atomic E-state index is 13.0. The van der Waals surface area contributed by atoms with Gasteiger partial charge < -0.3 is 15.6 Å². The molecule has 3 amide bonds. The van der Waals surface area contributed by atoms with Crippen LogP contribution in [0.4, 0.5) is 9.59 Å². The highest BCUT2D eigenvalue weighted by atomic mass is 28.3. The highest BCUT2D eigenvalue weighted by Gasteiger charge is 2.46. The van der Waals surface area contributed by atoms with Gasteiger partial charge in [0.15, 0.2) is 19.8 Å². The Morgan fingerprint density at radius 3 is 2.56 bits per heavy atom. The Hall–Kier alpha value is -2.12. The van der Waals surface area contributed by atoms with Crippen LogP contribution in [0, 0.1) is 17.4 Å². The number of carbonyl (C=O) groups excluding carboxylic acids is 2. The minimum atomic E-state index is -2.62. The zero-order chi connectivity index (χ0) is 18.8. The van der Waals surface area contributed by atoms with Crippen molar-refractivity contribution < 1.29 is 24.2 Å². The van der Waals surface area contributed by atoms with Crippen LogP contribution < -0.4 is 5.73 Å². The summed E-state index contributed by atoms with van der Waals surface area (Å²) >= 11 is 0. The fraction of sp³-hybridized carbons (Fsp3) is 0.733. The molecular weight excluding hydrogens is 344 g/mol. The Bertz CT molecular complexity index is 601. The average molecular weight is 368 g/mol. The van der Waals surface area contributed by atoms with Crippen LogP contribution in [0.1, 0.15) is 12.8 Å². The number of nitriles is 1. The van der Waals surface area contributed by atoms with E-state index in [1.165, 1.54) is 4.90 Å². The molecule has 9 nitrogen and oxygen atoms in total. The van der Waals surface area contributed by atoms with Gasteiger partial charge in [0.25, 0.3) is 0 Å². The van der Waals surface area contributed by atoms with E-state index in [9.17, 15) is 24.8 Å². The Morgan fingerprint density at radius 2 is 2.08 bits per heavy atom. The smallest absolute Gasteiger partial charge is 0.407 e. The summed E-state index contributed by atoms with van der Waals surface area (Å²) in [6.07, 6.45) is 2.29. The van der Waals surface area contributed by atoms with Crippen molar-refractivity contribution in [2.75, 3.05) is 19.8 Å². The van der Waals surface area contributed by atoms with Crippen LogP contribution in [0.2, 0.25) is 19.1 Å². The second-order valence-corrected chi connectivity index (χ2v) is 11.9. The molecule has 3 N–H and O–H groups in total. The number of carbonyl (C=O) groups is 3. The number of hydrogen-bond donors (Lipinski definition) is 2. The van der Waals surface area contributed by atoms with E-state index in [0.29, 0.717) is 0 Å². The van der Waals surface area contributed by atoms with E-state index >= 15 is 0 Å². The molecule has 0 spiro atoms. The highest BCUT2D eigenvalue weighted by molar-refractivity contribution is 7.04. The number of carboxylic acid groups (broad SMARTS) is 1. The molecule has 10 heteroatoms. The number of nitrogens with two attached hydrogens (primary N) is 1. The summed E-state index contributed by atoms with van der Waals surface area (Å²) in [5, 5.41) is 18.8. The summed E-state index contributed by atoms with van der Waals surface area (Å²) in [7, 11) is -2.62. The molecule has 1 saturated heterocycles. The number of ether oxygens (including phenoxy) is 1. The van der Waals surface area contributed by atoms with E-state index in [2.05, 4.69) is 0 Å². The summed E-state index contributed by atoms with van der Waals surface area (Å²) in [5.41, 5.74) is 5.05. The molecule has 0 aromatic rings. The van der Waals surface area contributed by atoms with Crippen molar-refractivity contribution in [3.63, 3.8) is 0 Å². The molecule has 25 heavy (non-hydrogen) atoms. The minimum Gasteiger partial charge on any atom is -0.465 e. The van der Waals surface area contributed by atoms with E-state index < -0.39 is 37.6 Å². The normalized spacial score (nSPS) is 22.0. The van der Waals surface area contributed by atoms with Crippen LogP contribution in [-0.4, -0.2) is 72.4 Å². The van der Waals surface area contributed by atoms with Crippen LogP contribution >= 0.6 is 0 Å². The lowest BCUT2D eigenvalue weighted by molar-refractivity contribution is -0.136. The maximum atomic E-state index is 13.0. The zero-order valence-electron chi connectivity index (χ0n) is 14.5. The van der Waals surface area contributed by atoms with Gasteiger partial charge in [0.05, 0.1) is 25.2 Å². The second kappa shape index (κ2) is 7.41. The minimum absolute atomic E-state index is 0.0654. The molecule has 1 aliphatic heterocycles. The molecule has 138 valence electrons. The lowest BCUT2D eigenvalue weighted by Gasteiger charge is -2.40. The Balaban J connectivity index is 2.33. The quantitative estimate of drug-likeness (QED) is 0.404. The van der Waals surface area contributed by atoms with Crippen molar-refractivity contribution in [3.8, 4) is 6.19 Å². The third-order valence-electron chi connectivity index (χ3n) is 4.85. The maximum Gasteiger partial charge on any atom is 0.407 e. The van der Waals surface area contributed by atoms with E-state index in [0.717, 1.165) is 17.7 Å². The Labute approximate surface area is 147 Å². The topological polar surface area (TPSA) is 137 Å². The number of nitrogens with zero attached hydrogens (tertiary/aromatic N) is 3. The monoisotopic (exact) mass is 368 g/mol. The third kappa shape index (κ3) is 4.29. The predicted molar refractivity (Wildman–Crippen MR) is 90.2 cm³/mol. The third-order valence-corrected chi connectivity index (χ3v) is 7.64. The summed E-state index contributed by atoms with van der Waals surface area (Å²) in [5.74, 6) is -1.25. The van der Waals surface area contributed by atoms with Crippen LogP contribution in [0.5, 0.6) is 0 Å². The zero-order valence-corrected chi connectivity index (χ0v) is 15.5. The number of hydrogen-bond acceptors (Lipinski definition) is 5. The van der Waals surface area contributed by atoms with Gasteiger partial charge >= 0.3 is 6.09 Å². The lowest BCUT2D eigenvalue weighted by Crippen LogP contribution is -2.58. The molecule has 0 aromatic heterocycles. The Kier molecular flexibility index (Phi) is 5.69. The van der Waals surface area contributed by atoms with E-state index in [1.807, 2.05) is 6.19 Å². The van der Waals surface area contributed by atoms with E-state index in [1.54, 1.807) is 13.1 Å². The molecule has 2 aliphatic rings. The molecule has 0 radical (unpaired) electrons. The number of primary amides is 1. The molecule has 2 rings (SSSR count). The van der Waals surface area contributed by atoms with Crippen molar-refractivity contribution in [2.24, 2.45) is 11.7 Å². The average Bonchev–Trinajstić information content (AvgIpc) is 3.38.